The number of aliphatic imine (C=N–C) groups is 1. The summed E-state index contributed by atoms with van der Waals surface area (Å²) in [5.74, 6) is 0.553. The molecule has 3 aromatic rings. The fourth-order valence-corrected chi connectivity index (χ4v) is 3.17. The van der Waals surface area contributed by atoms with Gasteiger partial charge in [-0.1, -0.05) is 24.3 Å². The lowest BCUT2D eigenvalue weighted by molar-refractivity contribution is 0.185. The van der Waals surface area contributed by atoms with Gasteiger partial charge in [-0.15, -0.1) is 24.0 Å². The van der Waals surface area contributed by atoms with E-state index in [0.717, 1.165) is 46.5 Å². The SMILES string of the molecule is CCNC(=NCc1cccc(COC)c1)NCCc1c[nH]c2ccc(F)cc12.I. The number of hydrogen-bond donors (Lipinski definition) is 3. The van der Waals surface area contributed by atoms with E-state index >= 15 is 0 Å². The summed E-state index contributed by atoms with van der Waals surface area (Å²) in [4.78, 5) is 7.86. The number of benzene rings is 2. The van der Waals surface area contributed by atoms with E-state index in [1.165, 1.54) is 6.07 Å². The number of rotatable bonds is 8. The fourth-order valence-electron chi connectivity index (χ4n) is 3.17. The Morgan fingerprint density at radius 3 is 2.76 bits per heavy atom. The molecule has 0 bridgehead atoms. The average Bonchev–Trinajstić information content (AvgIpc) is 3.09. The van der Waals surface area contributed by atoms with Crippen molar-refractivity contribution in [2.24, 2.45) is 4.99 Å². The van der Waals surface area contributed by atoms with Crippen molar-refractivity contribution >= 4 is 40.8 Å². The van der Waals surface area contributed by atoms with Crippen molar-refractivity contribution in [3.8, 4) is 0 Å². The second kappa shape index (κ2) is 11.8. The molecule has 5 nitrogen and oxygen atoms in total. The topological polar surface area (TPSA) is 61.4 Å². The first-order valence-electron chi connectivity index (χ1n) is 9.54. The van der Waals surface area contributed by atoms with Crippen molar-refractivity contribution in [1.29, 1.82) is 0 Å². The van der Waals surface area contributed by atoms with Crippen LogP contribution in [0.15, 0.2) is 53.7 Å². The van der Waals surface area contributed by atoms with Gasteiger partial charge in [-0.3, -0.25) is 0 Å². The predicted molar refractivity (Wildman–Crippen MR) is 127 cm³/mol. The zero-order valence-corrected chi connectivity index (χ0v) is 19.1. The molecular formula is C22H28FIN4O. The van der Waals surface area contributed by atoms with Gasteiger partial charge in [0.25, 0.3) is 0 Å². The van der Waals surface area contributed by atoms with Crippen LogP contribution in [-0.4, -0.2) is 31.1 Å². The molecule has 1 heterocycles. The molecule has 3 rings (SSSR count). The zero-order valence-electron chi connectivity index (χ0n) is 16.8. The lowest BCUT2D eigenvalue weighted by Crippen LogP contribution is -2.38. The molecular weight excluding hydrogens is 482 g/mol. The van der Waals surface area contributed by atoms with E-state index in [2.05, 4.69) is 32.7 Å². The zero-order chi connectivity index (χ0) is 19.8. The highest BCUT2D eigenvalue weighted by molar-refractivity contribution is 14.0. The van der Waals surface area contributed by atoms with E-state index in [-0.39, 0.29) is 29.8 Å². The first kappa shape index (κ1) is 23.2. The number of H-pyrrole nitrogens is 1. The standard InChI is InChI=1S/C22H27FN4O.HI/c1-3-24-22(27-13-16-5-4-6-17(11-16)15-28-2)25-10-9-18-14-26-21-8-7-19(23)12-20(18)21;/h4-8,11-12,14,26H,3,9-10,13,15H2,1-2H3,(H2,24,25,27);1H. The van der Waals surface area contributed by atoms with E-state index in [0.29, 0.717) is 19.7 Å². The minimum atomic E-state index is -0.216. The Morgan fingerprint density at radius 2 is 1.97 bits per heavy atom. The van der Waals surface area contributed by atoms with Crippen molar-refractivity contribution in [3.63, 3.8) is 0 Å². The second-order valence-electron chi connectivity index (χ2n) is 6.63. The van der Waals surface area contributed by atoms with Crippen LogP contribution in [0.3, 0.4) is 0 Å². The number of fused-ring (bicyclic) bond motifs is 1. The normalized spacial score (nSPS) is 11.3. The van der Waals surface area contributed by atoms with Crippen LogP contribution in [0.5, 0.6) is 0 Å². The van der Waals surface area contributed by atoms with Crippen LogP contribution in [0.4, 0.5) is 4.39 Å². The van der Waals surface area contributed by atoms with Crippen LogP contribution in [0.1, 0.15) is 23.6 Å². The third kappa shape index (κ3) is 6.71. The smallest absolute Gasteiger partial charge is 0.191 e. The Bertz CT molecular complexity index is 941. The Morgan fingerprint density at radius 1 is 1.14 bits per heavy atom. The Kier molecular flexibility index (Phi) is 9.40. The van der Waals surface area contributed by atoms with Gasteiger partial charge in [0.15, 0.2) is 5.96 Å². The maximum Gasteiger partial charge on any atom is 0.191 e. The van der Waals surface area contributed by atoms with Crippen molar-refractivity contribution in [2.75, 3.05) is 20.2 Å². The third-order valence-corrected chi connectivity index (χ3v) is 4.48. The Balaban J connectivity index is 0.00000300. The molecule has 2 aromatic carbocycles. The molecule has 0 aliphatic carbocycles. The molecule has 0 spiro atoms. The lowest BCUT2D eigenvalue weighted by Gasteiger charge is -2.11. The highest BCUT2D eigenvalue weighted by atomic mass is 127. The summed E-state index contributed by atoms with van der Waals surface area (Å²) in [7, 11) is 1.69. The number of aromatic nitrogens is 1. The first-order valence-corrected chi connectivity index (χ1v) is 9.54. The van der Waals surface area contributed by atoms with Crippen LogP contribution in [-0.2, 0) is 24.3 Å². The van der Waals surface area contributed by atoms with Crippen molar-refractivity contribution in [3.05, 3.63) is 71.2 Å². The molecule has 3 N–H and O–H groups in total. The molecule has 0 atom stereocenters. The molecule has 0 aliphatic heterocycles. The third-order valence-electron chi connectivity index (χ3n) is 4.48. The van der Waals surface area contributed by atoms with Gasteiger partial charge >= 0.3 is 0 Å². The van der Waals surface area contributed by atoms with Crippen LogP contribution in [0.25, 0.3) is 10.9 Å². The summed E-state index contributed by atoms with van der Waals surface area (Å²) in [5.41, 5.74) is 4.32. The van der Waals surface area contributed by atoms with Crippen LogP contribution < -0.4 is 10.6 Å². The number of methoxy groups -OCH3 is 1. The van der Waals surface area contributed by atoms with Crippen LogP contribution in [0.2, 0.25) is 0 Å². The van der Waals surface area contributed by atoms with E-state index in [4.69, 9.17) is 4.74 Å². The fraction of sp³-hybridized carbons (Fsp3) is 0.318. The summed E-state index contributed by atoms with van der Waals surface area (Å²) in [6, 6.07) is 13.1. The van der Waals surface area contributed by atoms with Crippen molar-refractivity contribution in [2.45, 2.75) is 26.5 Å². The highest BCUT2D eigenvalue weighted by Gasteiger charge is 2.05. The molecule has 156 valence electrons. The number of aromatic amines is 1. The van der Waals surface area contributed by atoms with Gasteiger partial charge in [0.05, 0.1) is 13.2 Å². The maximum absolute atomic E-state index is 13.5. The first-order chi connectivity index (χ1) is 13.7. The largest absolute Gasteiger partial charge is 0.380 e. The Hall–Kier alpha value is -2.13. The summed E-state index contributed by atoms with van der Waals surface area (Å²) < 4.78 is 18.7. The number of nitrogens with one attached hydrogen (secondary N) is 3. The van der Waals surface area contributed by atoms with Gasteiger partial charge in [0, 0.05) is 37.3 Å². The van der Waals surface area contributed by atoms with Gasteiger partial charge in [-0.25, -0.2) is 9.38 Å². The number of guanidine groups is 1. The summed E-state index contributed by atoms with van der Waals surface area (Å²) in [5, 5.41) is 7.55. The molecule has 0 saturated heterocycles. The molecule has 0 aliphatic rings. The van der Waals surface area contributed by atoms with E-state index < -0.39 is 0 Å². The molecule has 0 fully saturated rings. The van der Waals surface area contributed by atoms with Gasteiger partial charge < -0.3 is 20.4 Å². The number of nitrogens with zero attached hydrogens (tertiary/aromatic N) is 1. The number of hydrogen-bond acceptors (Lipinski definition) is 2. The maximum atomic E-state index is 13.5. The molecule has 7 heteroatoms. The van der Waals surface area contributed by atoms with Crippen LogP contribution in [0, 0.1) is 5.82 Å². The summed E-state index contributed by atoms with van der Waals surface area (Å²) in [6.45, 7) is 4.72. The summed E-state index contributed by atoms with van der Waals surface area (Å²) >= 11 is 0. The quantitative estimate of drug-likeness (QED) is 0.240. The number of halogens is 2. The average molecular weight is 510 g/mol. The monoisotopic (exact) mass is 510 g/mol. The van der Waals surface area contributed by atoms with Gasteiger partial charge in [-0.05, 0) is 48.2 Å². The van der Waals surface area contributed by atoms with Crippen molar-refractivity contribution < 1.29 is 9.13 Å². The molecule has 0 radical (unpaired) electrons. The molecule has 1 aromatic heterocycles. The van der Waals surface area contributed by atoms with Crippen molar-refractivity contribution in [1.82, 2.24) is 15.6 Å². The second-order valence-corrected chi connectivity index (χ2v) is 6.63. The van der Waals surface area contributed by atoms with Gasteiger partial charge in [0.1, 0.15) is 5.82 Å². The van der Waals surface area contributed by atoms with Gasteiger partial charge in [-0.2, -0.15) is 0 Å². The van der Waals surface area contributed by atoms with Gasteiger partial charge in [0.2, 0.25) is 0 Å². The molecule has 0 saturated carbocycles. The van der Waals surface area contributed by atoms with Crippen LogP contribution >= 0.6 is 24.0 Å². The number of ether oxygens (including phenoxy) is 1. The summed E-state index contributed by atoms with van der Waals surface area (Å²) in [6.07, 6.45) is 2.72. The Labute approximate surface area is 188 Å². The van der Waals surface area contributed by atoms with E-state index in [1.807, 2.05) is 25.3 Å². The molecule has 29 heavy (non-hydrogen) atoms. The predicted octanol–water partition coefficient (Wildman–Crippen LogP) is 4.37. The molecule has 0 amide bonds. The molecule has 0 unspecified atom stereocenters. The van der Waals surface area contributed by atoms with E-state index in [1.54, 1.807) is 19.2 Å². The lowest BCUT2D eigenvalue weighted by atomic mass is 10.1. The van der Waals surface area contributed by atoms with E-state index in [9.17, 15) is 4.39 Å². The minimum absolute atomic E-state index is 0. The minimum Gasteiger partial charge on any atom is -0.380 e. The highest BCUT2D eigenvalue weighted by Crippen LogP contribution is 2.19.